The van der Waals surface area contributed by atoms with Gasteiger partial charge in [0.15, 0.2) is 16.6 Å². The van der Waals surface area contributed by atoms with Gasteiger partial charge in [0.1, 0.15) is 0 Å². The summed E-state index contributed by atoms with van der Waals surface area (Å²) < 4.78 is 10.7. The highest BCUT2D eigenvalue weighted by molar-refractivity contribution is 7.80. The lowest BCUT2D eigenvalue weighted by atomic mass is 10.2. The van der Waals surface area contributed by atoms with Gasteiger partial charge in [0, 0.05) is 10.7 Å². The van der Waals surface area contributed by atoms with Gasteiger partial charge in [0.2, 0.25) is 0 Å². The van der Waals surface area contributed by atoms with Gasteiger partial charge in [-0.3, -0.25) is 10.2 Å². The number of thiocarbonyl (C=S) groups is 1. The van der Waals surface area contributed by atoms with Crippen molar-refractivity contribution < 1.29 is 14.3 Å². The number of benzene rings is 2. The maximum Gasteiger partial charge on any atom is 0.314 e. The van der Waals surface area contributed by atoms with E-state index < -0.39 is 0 Å². The Kier molecular flexibility index (Phi) is 6.49. The lowest BCUT2D eigenvalue weighted by Gasteiger charge is -2.11. The molecule has 28 heavy (non-hydrogen) atoms. The van der Waals surface area contributed by atoms with E-state index in [-0.39, 0.29) is 11.9 Å². The molecule has 1 fully saturated rings. The first-order valence-electron chi connectivity index (χ1n) is 8.73. The SMILES string of the molecule is COc1cc(/C=N\NC(=S)Nc2cccc(Cl)c2C)ccc1OC(=O)C1CC1. The molecule has 0 heterocycles. The van der Waals surface area contributed by atoms with Crippen LogP contribution in [0.5, 0.6) is 11.5 Å². The second-order valence-electron chi connectivity index (χ2n) is 6.34. The Labute approximate surface area is 173 Å². The van der Waals surface area contributed by atoms with E-state index in [4.69, 9.17) is 33.3 Å². The predicted molar refractivity (Wildman–Crippen MR) is 114 cm³/mol. The van der Waals surface area contributed by atoms with Gasteiger partial charge in [-0.15, -0.1) is 0 Å². The molecule has 0 aliphatic heterocycles. The number of rotatable bonds is 6. The van der Waals surface area contributed by atoms with Crippen molar-refractivity contribution in [2.75, 3.05) is 12.4 Å². The second kappa shape index (κ2) is 9.03. The molecule has 1 saturated carbocycles. The summed E-state index contributed by atoms with van der Waals surface area (Å²) in [6.45, 7) is 1.90. The number of hydrazone groups is 1. The van der Waals surface area contributed by atoms with Gasteiger partial charge in [-0.25, -0.2) is 0 Å². The minimum Gasteiger partial charge on any atom is -0.493 e. The summed E-state index contributed by atoms with van der Waals surface area (Å²) in [6.07, 6.45) is 3.37. The number of nitrogens with one attached hydrogen (secondary N) is 2. The predicted octanol–water partition coefficient (Wildman–Crippen LogP) is 4.29. The number of nitrogens with zero attached hydrogens (tertiary/aromatic N) is 1. The third-order valence-electron chi connectivity index (χ3n) is 4.20. The second-order valence-corrected chi connectivity index (χ2v) is 7.16. The Balaban J connectivity index is 1.59. The summed E-state index contributed by atoms with van der Waals surface area (Å²) >= 11 is 11.3. The van der Waals surface area contributed by atoms with E-state index >= 15 is 0 Å². The van der Waals surface area contributed by atoms with Crippen LogP contribution in [0.2, 0.25) is 5.02 Å². The molecule has 0 unspecified atom stereocenters. The molecule has 0 aromatic heterocycles. The van der Waals surface area contributed by atoms with Crippen LogP contribution < -0.4 is 20.2 Å². The van der Waals surface area contributed by atoms with E-state index in [0.29, 0.717) is 21.6 Å². The summed E-state index contributed by atoms with van der Waals surface area (Å²) in [7, 11) is 1.52. The fourth-order valence-corrected chi connectivity index (χ4v) is 2.76. The van der Waals surface area contributed by atoms with Gasteiger partial charge in [0.25, 0.3) is 0 Å². The van der Waals surface area contributed by atoms with Crippen molar-refractivity contribution in [3.05, 3.63) is 52.5 Å². The van der Waals surface area contributed by atoms with Crippen LogP contribution in [-0.2, 0) is 4.79 Å². The third kappa shape index (κ3) is 5.21. The summed E-state index contributed by atoms with van der Waals surface area (Å²) in [4.78, 5) is 11.8. The van der Waals surface area contributed by atoms with Crippen molar-refractivity contribution in [2.24, 2.45) is 11.0 Å². The van der Waals surface area contributed by atoms with Crippen molar-refractivity contribution in [3.8, 4) is 11.5 Å². The number of halogens is 1. The topological polar surface area (TPSA) is 71.9 Å². The number of carbonyl (C=O) groups excluding carboxylic acids is 1. The molecule has 2 aromatic rings. The van der Waals surface area contributed by atoms with Crippen molar-refractivity contribution >= 4 is 46.8 Å². The molecule has 1 aliphatic carbocycles. The molecule has 0 spiro atoms. The highest BCUT2D eigenvalue weighted by Crippen LogP contribution is 2.34. The fourth-order valence-electron chi connectivity index (χ4n) is 2.42. The van der Waals surface area contributed by atoms with Crippen LogP contribution >= 0.6 is 23.8 Å². The summed E-state index contributed by atoms with van der Waals surface area (Å²) in [6, 6.07) is 10.7. The standard InChI is InChI=1S/C20H20ClN3O3S/c1-12-15(21)4-3-5-16(12)23-20(28)24-22-11-13-6-9-17(18(10-13)26-2)27-19(25)14-7-8-14/h3-6,9-11,14H,7-8H2,1-2H3,(H2,23,24,28)/b22-11-. The first-order chi connectivity index (χ1) is 13.5. The van der Waals surface area contributed by atoms with Crippen LogP contribution in [0.15, 0.2) is 41.5 Å². The molecule has 6 nitrogen and oxygen atoms in total. The Bertz CT molecular complexity index is 929. The van der Waals surface area contributed by atoms with Crippen LogP contribution in [-0.4, -0.2) is 24.4 Å². The minimum absolute atomic E-state index is 0.0202. The number of esters is 1. The van der Waals surface area contributed by atoms with E-state index in [1.165, 1.54) is 7.11 Å². The Hall–Kier alpha value is -2.64. The van der Waals surface area contributed by atoms with Gasteiger partial charge in [-0.1, -0.05) is 17.7 Å². The fraction of sp³-hybridized carbons (Fsp3) is 0.250. The van der Waals surface area contributed by atoms with E-state index in [9.17, 15) is 4.79 Å². The molecule has 0 saturated heterocycles. The molecule has 0 atom stereocenters. The van der Waals surface area contributed by atoms with Crippen molar-refractivity contribution in [1.82, 2.24) is 5.43 Å². The molecular formula is C20H20ClN3O3S. The maximum absolute atomic E-state index is 11.8. The highest BCUT2D eigenvalue weighted by Gasteiger charge is 2.32. The Morgan fingerprint density at radius 3 is 2.79 bits per heavy atom. The largest absolute Gasteiger partial charge is 0.493 e. The maximum atomic E-state index is 11.8. The smallest absolute Gasteiger partial charge is 0.314 e. The molecule has 3 rings (SSSR count). The number of ether oxygens (including phenoxy) is 2. The molecule has 2 aromatic carbocycles. The summed E-state index contributed by atoms with van der Waals surface area (Å²) in [5.41, 5.74) is 5.23. The van der Waals surface area contributed by atoms with E-state index in [1.807, 2.05) is 25.1 Å². The lowest BCUT2D eigenvalue weighted by molar-refractivity contribution is -0.135. The molecule has 0 radical (unpaired) electrons. The lowest BCUT2D eigenvalue weighted by Crippen LogP contribution is -2.24. The van der Waals surface area contributed by atoms with Crippen LogP contribution in [0, 0.1) is 12.8 Å². The van der Waals surface area contributed by atoms with Crippen molar-refractivity contribution in [1.29, 1.82) is 0 Å². The van der Waals surface area contributed by atoms with Crippen molar-refractivity contribution in [2.45, 2.75) is 19.8 Å². The zero-order valence-electron chi connectivity index (χ0n) is 15.5. The molecule has 1 aliphatic rings. The van der Waals surface area contributed by atoms with E-state index in [2.05, 4.69) is 15.8 Å². The Morgan fingerprint density at radius 2 is 2.07 bits per heavy atom. The van der Waals surface area contributed by atoms with Crippen LogP contribution in [0.1, 0.15) is 24.0 Å². The number of hydrogen-bond acceptors (Lipinski definition) is 5. The quantitative estimate of drug-likeness (QED) is 0.240. The van der Waals surface area contributed by atoms with Crippen molar-refractivity contribution in [3.63, 3.8) is 0 Å². The molecule has 146 valence electrons. The molecule has 2 N–H and O–H groups in total. The van der Waals surface area contributed by atoms with Gasteiger partial charge in [-0.05, 0) is 73.4 Å². The van der Waals surface area contributed by atoms with Gasteiger partial charge in [-0.2, -0.15) is 5.10 Å². The number of hydrogen-bond donors (Lipinski definition) is 2. The average Bonchev–Trinajstić information content (AvgIpc) is 3.52. The molecule has 0 bridgehead atoms. The van der Waals surface area contributed by atoms with E-state index in [1.54, 1.807) is 24.4 Å². The Morgan fingerprint density at radius 1 is 1.29 bits per heavy atom. The molecule has 8 heteroatoms. The zero-order valence-corrected chi connectivity index (χ0v) is 17.1. The first kappa shape index (κ1) is 20.1. The normalized spacial score (nSPS) is 13.2. The number of carbonyl (C=O) groups is 1. The van der Waals surface area contributed by atoms with Gasteiger partial charge < -0.3 is 14.8 Å². The summed E-state index contributed by atoms with van der Waals surface area (Å²) in [5, 5.41) is 8.16. The third-order valence-corrected chi connectivity index (χ3v) is 4.81. The highest BCUT2D eigenvalue weighted by atomic mass is 35.5. The van der Waals surface area contributed by atoms with Gasteiger partial charge >= 0.3 is 5.97 Å². The summed E-state index contributed by atoms with van der Waals surface area (Å²) in [5.74, 6) is 0.673. The van der Waals surface area contributed by atoms with E-state index in [0.717, 1.165) is 29.7 Å². The zero-order chi connectivity index (χ0) is 20.1. The first-order valence-corrected chi connectivity index (χ1v) is 9.51. The van der Waals surface area contributed by atoms with Gasteiger partial charge in [0.05, 0.1) is 19.2 Å². The minimum atomic E-state index is -0.214. The monoisotopic (exact) mass is 417 g/mol. The number of methoxy groups -OCH3 is 1. The number of anilines is 1. The molecule has 0 amide bonds. The van der Waals surface area contributed by atoms with Crippen LogP contribution in [0.4, 0.5) is 5.69 Å². The average molecular weight is 418 g/mol. The van der Waals surface area contributed by atoms with Crippen LogP contribution in [0.25, 0.3) is 0 Å². The van der Waals surface area contributed by atoms with Crippen LogP contribution in [0.3, 0.4) is 0 Å². The molecular weight excluding hydrogens is 398 g/mol.